The minimum absolute atomic E-state index is 0. The first-order valence-corrected chi connectivity index (χ1v) is 8.51. The second-order valence-electron chi connectivity index (χ2n) is 5.19. The lowest BCUT2D eigenvalue weighted by Gasteiger charge is -2.21. The maximum absolute atomic E-state index is 4.72. The van der Waals surface area contributed by atoms with Crippen molar-refractivity contribution in [2.24, 2.45) is 4.99 Å². The highest BCUT2D eigenvalue weighted by molar-refractivity contribution is 14.0. The van der Waals surface area contributed by atoms with E-state index in [0.29, 0.717) is 6.54 Å². The Bertz CT molecular complexity index is 598. The molecule has 2 rings (SSSR count). The van der Waals surface area contributed by atoms with Gasteiger partial charge in [-0.05, 0) is 43.3 Å². The monoisotopic (exact) mass is 444 g/mol. The Hall–Kier alpha value is -1.15. The van der Waals surface area contributed by atoms with E-state index in [1.165, 1.54) is 10.4 Å². The van der Waals surface area contributed by atoms with E-state index < -0.39 is 0 Å². The normalized spacial score (nSPS) is 11.0. The molecule has 2 heterocycles. The molecule has 1 N–H and O–H groups in total. The summed E-state index contributed by atoms with van der Waals surface area (Å²) in [5.74, 6) is 0.934. The Kier molecular flexibility index (Phi) is 9.16. The van der Waals surface area contributed by atoms with Gasteiger partial charge in [-0.3, -0.25) is 4.98 Å². The van der Waals surface area contributed by atoms with Crippen molar-refractivity contribution in [1.29, 1.82) is 0 Å². The van der Waals surface area contributed by atoms with Crippen LogP contribution in [0.1, 0.15) is 23.1 Å². The lowest BCUT2D eigenvalue weighted by atomic mass is 10.2. The summed E-state index contributed by atoms with van der Waals surface area (Å²) in [4.78, 5) is 12.7. The first-order chi connectivity index (χ1) is 10.7. The molecule has 0 bridgehead atoms. The zero-order chi connectivity index (χ0) is 15.8. The number of pyridine rings is 1. The van der Waals surface area contributed by atoms with Crippen molar-refractivity contribution in [3.63, 3.8) is 0 Å². The van der Waals surface area contributed by atoms with Crippen LogP contribution in [0.3, 0.4) is 0 Å². The molecule has 0 radical (unpaired) electrons. The minimum atomic E-state index is 0. The number of halogens is 1. The molecule has 2 aromatic rings. The van der Waals surface area contributed by atoms with Gasteiger partial charge in [-0.1, -0.05) is 12.1 Å². The molecular weight excluding hydrogens is 419 g/mol. The Morgan fingerprint density at radius 3 is 2.83 bits per heavy atom. The average Bonchev–Trinajstić information content (AvgIpc) is 3.04. The van der Waals surface area contributed by atoms with Crippen molar-refractivity contribution in [3.05, 3.63) is 52.0 Å². The molecule has 0 fully saturated rings. The fourth-order valence-corrected chi connectivity index (χ4v) is 2.84. The van der Waals surface area contributed by atoms with Gasteiger partial charge in [0.2, 0.25) is 0 Å². The smallest absolute Gasteiger partial charge is 0.194 e. The minimum Gasteiger partial charge on any atom is -0.357 e. The molecule has 0 atom stereocenters. The van der Waals surface area contributed by atoms with Gasteiger partial charge in [0.05, 0.1) is 12.2 Å². The second kappa shape index (κ2) is 10.6. The predicted octanol–water partition coefficient (Wildman–Crippen LogP) is 3.71. The number of aliphatic imine (C=N–C) groups is 1. The Balaban J connectivity index is 0.00000264. The van der Waals surface area contributed by atoms with E-state index in [0.717, 1.165) is 31.2 Å². The summed E-state index contributed by atoms with van der Waals surface area (Å²) in [6.45, 7) is 6.59. The first kappa shape index (κ1) is 19.9. The number of nitrogens with zero attached hydrogens (tertiary/aromatic N) is 3. The summed E-state index contributed by atoms with van der Waals surface area (Å²) in [7, 11) is 2.08. The summed E-state index contributed by atoms with van der Waals surface area (Å²) < 4.78 is 0. The molecule has 0 aliphatic carbocycles. The average molecular weight is 444 g/mol. The van der Waals surface area contributed by atoms with Gasteiger partial charge in [0.15, 0.2) is 5.96 Å². The fraction of sp³-hybridized carbons (Fsp3) is 0.412. The molecule has 0 amide bonds. The zero-order valence-electron chi connectivity index (χ0n) is 14.0. The molecule has 126 valence electrons. The van der Waals surface area contributed by atoms with E-state index in [1.54, 1.807) is 11.3 Å². The van der Waals surface area contributed by atoms with Crippen LogP contribution >= 0.6 is 35.3 Å². The van der Waals surface area contributed by atoms with Crippen molar-refractivity contribution < 1.29 is 0 Å². The van der Waals surface area contributed by atoms with Crippen LogP contribution in [0.15, 0.2) is 40.8 Å². The number of nitrogens with one attached hydrogen (secondary N) is 1. The number of aryl methyl sites for hydroxylation is 1. The van der Waals surface area contributed by atoms with E-state index in [9.17, 15) is 0 Å². The molecule has 2 aromatic heterocycles. The third kappa shape index (κ3) is 6.47. The largest absolute Gasteiger partial charge is 0.357 e. The van der Waals surface area contributed by atoms with E-state index >= 15 is 0 Å². The Morgan fingerprint density at radius 1 is 1.35 bits per heavy atom. The van der Waals surface area contributed by atoms with Gasteiger partial charge < -0.3 is 10.2 Å². The Morgan fingerprint density at radius 2 is 2.17 bits per heavy atom. The second-order valence-corrected chi connectivity index (χ2v) is 6.22. The molecule has 0 aromatic carbocycles. The quantitative estimate of drug-likeness (QED) is 0.420. The summed E-state index contributed by atoms with van der Waals surface area (Å²) in [6, 6.07) is 8.31. The van der Waals surface area contributed by atoms with E-state index in [1.807, 2.05) is 12.3 Å². The molecule has 0 aliphatic rings. The molecule has 0 spiro atoms. The first-order valence-electron chi connectivity index (χ1n) is 7.63. The van der Waals surface area contributed by atoms with Crippen LogP contribution in [-0.4, -0.2) is 36.0 Å². The third-order valence-electron chi connectivity index (χ3n) is 3.47. The van der Waals surface area contributed by atoms with Gasteiger partial charge in [-0.15, -0.1) is 35.3 Å². The van der Waals surface area contributed by atoms with Gasteiger partial charge in [-0.2, -0.15) is 0 Å². The molecule has 4 nitrogen and oxygen atoms in total. The van der Waals surface area contributed by atoms with Crippen molar-refractivity contribution in [2.45, 2.75) is 26.8 Å². The zero-order valence-corrected chi connectivity index (χ0v) is 17.1. The highest BCUT2D eigenvalue weighted by Gasteiger charge is 2.07. The Labute approximate surface area is 160 Å². The van der Waals surface area contributed by atoms with E-state index in [-0.39, 0.29) is 24.0 Å². The van der Waals surface area contributed by atoms with Gasteiger partial charge >= 0.3 is 0 Å². The van der Waals surface area contributed by atoms with Crippen LogP contribution < -0.4 is 5.32 Å². The van der Waals surface area contributed by atoms with Crippen molar-refractivity contribution in [2.75, 3.05) is 20.1 Å². The van der Waals surface area contributed by atoms with Crippen LogP contribution in [0.4, 0.5) is 0 Å². The number of hydrogen-bond acceptors (Lipinski definition) is 3. The molecule has 6 heteroatoms. The maximum Gasteiger partial charge on any atom is 0.194 e. The molecule has 0 aliphatic heterocycles. The highest BCUT2D eigenvalue weighted by Crippen LogP contribution is 2.10. The van der Waals surface area contributed by atoms with Gasteiger partial charge in [0, 0.05) is 31.2 Å². The summed E-state index contributed by atoms with van der Waals surface area (Å²) >= 11 is 1.81. The number of aromatic nitrogens is 1. The van der Waals surface area contributed by atoms with Gasteiger partial charge in [-0.25, -0.2) is 4.99 Å². The van der Waals surface area contributed by atoms with Crippen LogP contribution in [0.5, 0.6) is 0 Å². The SMILES string of the molecule is CCNC(=NCc1ncccc1C)N(C)CCc1cccs1.I. The number of hydrogen-bond donors (Lipinski definition) is 1. The molecule has 0 saturated heterocycles. The van der Waals surface area contributed by atoms with Crippen molar-refractivity contribution in [3.8, 4) is 0 Å². The fourth-order valence-electron chi connectivity index (χ4n) is 2.14. The lowest BCUT2D eigenvalue weighted by molar-refractivity contribution is 0.486. The van der Waals surface area contributed by atoms with Crippen LogP contribution in [0.25, 0.3) is 0 Å². The van der Waals surface area contributed by atoms with Crippen molar-refractivity contribution >= 4 is 41.3 Å². The summed E-state index contributed by atoms with van der Waals surface area (Å²) in [5, 5.41) is 5.48. The van der Waals surface area contributed by atoms with Crippen LogP contribution in [0, 0.1) is 6.92 Å². The molecule has 0 unspecified atom stereocenters. The standard InChI is InChI=1S/C17H24N4S.HI/c1-4-18-17(20-13-16-14(2)7-5-10-19-16)21(3)11-9-15-8-6-12-22-15;/h5-8,10,12H,4,9,11,13H2,1-3H3,(H,18,20);1H. The molecule has 0 saturated carbocycles. The lowest BCUT2D eigenvalue weighted by Crippen LogP contribution is -2.39. The molecular formula is C17H25IN4S. The number of likely N-dealkylation sites (N-methyl/N-ethyl adjacent to an activating group) is 1. The highest BCUT2D eigenvalue weighted by atomic mass is 127. The van der Waals surface area contributed by atoms with E-state index in [2.05, 4.69) is 59.7 Å². The summed E-state index contributed by atoms with van der Waals surface area (Å²) in [6.07, 6.45) is 2.87. The topological polar surface area (TPSA) is 40.5 Å². The van der Waals surface area contributed by atoms with Crippen LogP contribution in [0.2, 0.25) is 0 Å². The van der Waals surface area contributed by atoms with E-state index in [4.69, 9.17) is 4.99 Å². The predicted molar refractivity (Wildman–Crippen MR) is 110 cm³/mol. The number of thiophene rings is 1. The number of guanidine groups is 1. The molecule has 23 heavy (non-hydrogen) atoms. The summed E-state index contributed by atoms with van der Waals surface area (Å²) in [5.41, 5.74) is 2.22. The maximum atomic E-state index is 4.72. The van der Waals surface area contributed by atoms with Crippen molar-refractivity contribution in [1.82, 2.24) is 15.2 Å². The number of rotatable bonds is 6. The van der Waals surface area contributed by atoms with Crippen LogP contribution in [-0.2, 0) is 13.0 Å². The van der Waals surface area contributed by atoms with Gasteiger partial charge in [0.1, 0.15) is 0 Å². The van der Waals surface area contributed by atoms with Gasteiger partial charge in [0.25, 0.3) is 0 Å². The third-order valence-corrected chi connectivity index (χ3v) is 4.40.